The van der Waals surface area contributed by atoms with Crippen molar-refractivity contribution in [2.24, 2.45) is 5.92 Å². The van der Waals surface area contributed by atoms with Crippen molar-refractivity contribution in [3.63, 3.8) is 0 Å². The van der Waals surface area contributed by atoms with E-state index in [0.29, 0.717) is 6.10 Å². The van der Waals surface area contributed by atoms with Crippen LogP contribution in [0.5, 0.6) is 0 Å². The van der Waals surface area contributed by atoms with Crippen molar-refractivity contribution in [1.82, 2.24) is 0 Å². The number of carbonyl (C=O) groups excluding carboxylic acids is 1. The Bertz CT molecular complexity index is 203. The van der Waals surface area contributed by atoms with Gasteiger partial charge in [0.1, 0.15) is 6.10 Å². The number of esters is 1. The Kier molecular flexibility index (Phi) is 5.09. The van der Waals surface area contributed by atoms with Crippen LogP contribution in [0, 0.1) is 5.92 Å². The third-order valence-electron chi connectivity index (χ3n) is 3.04. The number of carbonyl (C=O) groups is 1. The summed E-state index contributed by atoms with van der Waals surface area (Å²) in [7, 11) is 0. The standard InChI is InChI=1S/C12H22O3/c1-4-9(3)12(13)15-11-7-6-10(8-11)14-5-2/h9-11H,4-8H2,1-3H3. The Morgan fingerprint density at radius 3 is 2.60 bits per heavy atom. The van der Waals surface area contributed by atoms with E-state index < -0.39 is 0 Å². The Balaban J connectivity index is 2.26. The first-order chi connectivity index (χ1) is 7.17. The molecule has 3 unspecified atom stereocenters. The van der Waals surface area contributed by atoms with Crippen molar-refractivity contribution in [2.45, 2.75) is 58.7 Å². The monoisotopic (exact) mass is 214 g/mol. The van der Waals surface area contributed by atoms with Gasteiger partial charge in [0.05, 0.1) is 12.0 Å². The van der Waals surface area contributed by atoms with Gasteiger partial charge < -0.3 is 9.47 Å². The summed E-state index contributed by atoms with van der Waals surface area (Å²) in [5, 5.41) is 0. The lowest BCUT2D eigenvalue weighted by molar-refractivity contribution is -0.153. The van der Waals surface area contributed by atoms with Crippen molar-refractivity contribution >= 4 is 5.97 Å². The summed E-state index contributed by atoms with van der Waals surface area (Å²) < 4.78 is 10.9. The highest BCUT2D eigenvalue weighted by atomic mass is 16.5. The fourth-order valence-electron chi connectivity index (χ4n) is 1.84. The second-order valence-corrected chi connectivity index (χ2v) is 4.26. The molecule has 88 valence electrons. The Morgan fingerprint density at radius 1 is 1.33 bits per heavy atom. The SMILES string of the molecule is CCOC1CCC(OC(=O)C(C)CC)C1. The molecule has 0 bridgehead atoms. The lowest BCUT2D eigenvalue weighted by Crippen LogP contribution is -2.21. The summed E-state index contributed by atoms with van der Waals surface area (Å²) in [5.41, 5.74) is 0. The number of hydrogen-bond acceptors (Lipinski definition) is 3. The van der Waals surface area contributed by atoms with Crippen LogP contribution in [-0.4, -0.2) is 24.8 Å². The maximum Gasteiger partial charge on any atom is 0.308 e. The predicted octanol–water partition coefficient (Wildman–Crippen LogP) is 2.53. The van der Waals surface area contributed by atoms with Gasteiger partial charge in [-0.15, -0.1) is 0 Å². The molecule has 3 atom stereocenters. The molecule has 0 saturated heterocycles. The van der Waals surface area contributed by atoms with Gasteiger partial charge in [0, 0.05) is 13.0 Å². The molecule has 1 aliphatic rings. The molecule has 1 aliphatic carbocycles. The third-order valence-corrected chi connectivity index (χ3v) is 3.04. The maximum atomic E-state index is 11.5. The van der Waals surface area contributed by atoms with Crippen LogP contribution in [0.4, 0.5) is 0 Å². The van der Waals surface area contributed by atoms with Gasteiger partial charge in [0.25, 0.3) is 0 Å². The second kappa shape index (κ2) is 6.11. The second-order valence-electron chi connectivity index (χ2n) is 4.26. The predicted molar refractivity (Wildman–Crippen MR) is 58.6 cm³/mol. The van der Waals surface area contributed by atoms with Crippen LogP contribution in [0.1, 0.15) is 46.5 Å². The molecule has 0 aromatic heterocycles. The van der Waals surface area contributed by atoms with Crippen molar-refractivity contribution in [1.29, 1.82) is 0 Å². The van der Waals surface area contributed by atoms with Crippen LogP contribution in [0.2, 0.25) is 0 Å². The van der Waals surface area contributed by atoms with Gasteiger partial charge in [-0.1, -0.05) is 13.8 Å². The normalized spacial score (nSPS) is 27.7. The number of rotatable bonds is 5. The van der Waals surface area contributed by atoms with E-state index in [1.54, 1.807) is 0 Å². The van der Waals surface area contributed by atoms with Crippen LogP contribution >= 0.6 is 0 Å². The fourth-order valence-corrected chi connectivity index (χ4v) is 1.84. The van der Waals surface area contributed by atoms with E-state index in [2.05, 4.69) is 0 Å². The zero-order chi connectivity index (χ0) is 11.3. The molecule has 0 aromatic carbocycles. The van der Waals surface area contributed by atoms with Gasteiger partial charge in [-0.05, 0) is 26.2 Å². The molecule has 3 nitrogen and oxygen atoms in total. The van der Waals surface area contributed by atoms with Crippen molar-refractivity contribution in [2.75, 3.05) is 6.61 Å². The highest BCUT2D eigenvalue weighted by molar-refractivity contribution is 5.72. The third kappa shape index (κ3) is 3.82. The topological polar surface area (TPSA) is 35.5 Å². The van der Waals surface area contributed by atoms with Crippen LogP contribution in [0.25, 0.3) is 0 Å². The van der Waals surface area contributed by atoms with E-state index in [9.17, 15) is 4.79 Å². The molecule has 0 heterocycles. The molecular formula is C12H22O3. The van der Waals surface area contributed by atoms with Crippen LogP contribution in [0.3, 0.4) is 0 Å². The molecule has 3 heteroatoms. The van der Waals surface area contributed by atoms with Gasteiger partial charge in [0.2, 0.25) is 0 Å². The molecule has 0 spiro atoms. The number of ether oxygens (including phenoxy) is 2. The summed E-state index contributed by atoms with van der Waals surface area (Å²) in [5.74, 6) is -0.0317. The van der Waals surface area contributed by atoms with Crippen molar-refractivity contribution in [3.8, 4) is 0 Å². The first kappa shape index (κ1) is 12.5. The smallest absolute Gasteiger partial charge is 0.308 e. The van der Waals surface area contributed by atoms with E-state index in [1.807, 2.05) is 20.8 Å². The maximum absolute atomic E-state index is 11.5. The largest absolute Gasteiger partial charge is 0.462 e. The molecule has 0 aromatic rings. The van der Waals surface area contributed by atoms with E-state index in [4.69, 9.17) is 9.47 Å². The fraction of sp³-hybridized carbons (Fsp3) is 0.917. The van der Waals surface area contributed by atoms with Crippen molar-refractivity contribution in [3.05, 3.63) is 0 Å². The minimum Gasteiger partial charge on any atom is -0.462 e. The molecule has 0 N–H and O–H groups in total. The molecule has 0 radical (unpaired) electrons. The molecule has 1 saturated carbocycles. The Hall–Kier alpha value is -0.570. The molecule has 0 amide bonds. The summed E-state index contributed by atoms with van der Waals surface area (Å²) in [6.45, 7) is 6.66. The molecule has 1 fully saturated rings. The van der Waals surface area contributed by atoms with Gasteiger partial charge in [-0.2, -0.15) is 0 Å². The van der Waals surface area contributed by atoms with Gasteiger partial charge in [-0.3, -0.25) is 4.79 Å². The van der Waals surface area contributed by atoms with Gasteiger partial charge in [-0.25, -0.2) is 0 Å². The lowest BCUT2D eigenvalue weighted by Gasteiger charge is -2.15. The quantitative estimate of drug-likeness (QED) is 0.660. The van der Waals surface area contributed by atoms with Crippen LogP contribution in [0.15, 0.2) is 0 Å². The molecule has 15 heavy (non-hydrogen) atoms. The minimum atomic E-state index is -0.0559. The molecular weight excluding hydrogens is 192 g/mol. The van der Waals surface area contributed by atoms with Crippen LogP contribution in [-0.2, 0) is 14.3 Å². The summed E-state index contributed by atoms with van der Waals surface area (Å²) >= 11 is 0. The van der Waals surface area contributed by atoms with E-state index >= 15 is 0 Å². The first-order valence-electron chi connectivity index (χ1n) is 5.99. The molecule has 1 rings (SSSR count). The lowest BCUT2D eigenvalue weighted by atomic mass is 10.1. The summed E-state index contributed by atoms with van der Waals surface area (Å²) in [6, 6.07) is 0. The van der Waals surface area contributed by atoms with Crippen molar-refractivity contribution < 1.29 is 14.3 Å². The summed E-state index contributed by atoms with van der Waals surface area (Å²) in [4.78, 5) is 11.5. The minimum absolute atomic E-state index is 0.0242. The van der Waals surface area contributed by atoms with Gasteiger partial charge >= 0.3 is 5.97 Å². The van der Waals surface area contributed by atoms with E-state index in [1.165, 1.54) is 0 Å². The number of hydrogen-bond donors (Lipinski definition) is 0. The average Bonchev–Trinajstić information content (AvgIpc) is 2.65. The van der Waals surface area contributed by atoms with Gasteiger partial charge in [0.15, 0.2) is 0 Å². The highest BCUT2D eigenvalue weighted by Gasteiger charge is 2.28. The zero-order valence-corrected chi connectivity index (χ0v) is 9.99. The first-order valence-corrected chi connectivity index (χ1v) is 5.99. The Morgan fingerprint density at radius 2 is 2.00 bits per heavy atom. The Labute approximate surface area is 92.1 Å². The average molecular weight is 214 g/mol. The summed E-state index contributed by atoms with van der Waals surface area (Å²) in [6.07, 6.45) is 4.07. The highest BCUT2D eigenvalue weighted by Crippen LogP contribution is 2.25. The van der Waals surface area contributed by atoms with E-state index in [-0.39, 0.29) is 18.0 Å². The van der Waals surface area contributed by atoms with Crippen LogP contribution < -0.4 is 0 Å². The van der Waals surface area contributed by atoms with E-state index in [0.717, 1.165) is 32.3 Å². The zero-order valence-electron chi connectivity index (χ0n) is 9.99. The molecule has 0 aliphatic heterocycles.